The van der Waals surface area contributed by atoms with Gasteiger partial charge in [0.2, 0.25) is 0 Å². The van der Waals surface area contributed by atoms with Gasteiger partial charge in [0.15, 0.2) is 0 Å². The number of rotatable bonds is 1. The van der Waals surface area contributed by atoms with Gasteiger partial charge in [-0.05, 0) is 106 Å². The second kappa shape index (κ2) is 5.36. The van der Waals surface area contributed by atoms with Crippen molar-refractivity contribution >= 4 is 0 Å². The fourth-order valence-corrected chi connectivity index (χ4v) is 7.64. The maximum atomic E-state index is 10.0. The van der Waals surface area contributed by atoms with E-state index in [0.29, 0.717) is 5.41 Å². The summed E-state index contributed by atoms with van der Waals surface area (Å²) in [5.41, 5.74) is 1.99. The van der Waals surface area contributed by atoms with Crippen molar-refractivity contribution in [1.82, 2.24) is 0 Å². The Kier molecular flexibility index (Phi) is 3.72. The quantitative estimate of drug-likeness (QED) is 0.661. The SMILES string of the molecule is C=C(C)[C@H]1CCC2C3CCC4C[C@@H](O)CCC4C3CCC21C. The Labute approximate surface area is 136 Å². The van der Waals surface area contributed by atoms with E-state index in [1.54, 1.807) is 0 Å². The van der Waals surface area contributed by atoms with Crippen LogP contribution in [0.3, 0.4) is 0 Å². The van der Waals surface area contributed by atoms with Crippen LogP contribution < -0.4 is 0 Å². The Bertz CT molecular complexity index is 455. The number of aliphatic hydroxyl groups excluding tert-OH is 1. The van der Waals surface area contributed by atoms with Gasteiger partial charge in [-0.3, -0.25) is 0 Å². The zero-order chi connectivity index (χ0) is 15.5. The molecule has 4 fully saturated rings. The van der Waals surface area contributed by atoms with Gasteiger partial charge in [-0.1, -0.05) is 19.1 Å². The van der Waals surface area contributed by atoms with Gasteiger partial charge in [-0.25, -0.2) is 0 Å². The van der Waals surface area contributed by atoms with Crippen LogP contribution in [0.1, 0.15) is 71.6 Å². The fourth-order valence-electron chi connectivity index (χ4n) is 7.64. The van der Waals surface area contributed by atoms with Crippen LogP contribution in [-0.4, -0.2) is 11.2 Å². The van der Waals surface area contributed by atoms with Gasteiger partial charge in [-0.15, -0.1) is 0 Å². The van der Waals surface area contributed by atoms with E-state index in [9.17, 15) is 5.11 Å². The van der Waals surface area contributed by atoms with Gasteiger partial charge >= 0.3 is 0 Å². The van der Waals surface area contributed by atoms with Crippen LogP contribution in [0, 0.1) is 40.9 Å². The number of fused-ring (bicyclic) bond motifs is 5. The summed E-state index contributed by atoms with van der Waals surface area (Å²) in [5.74, 6) is 5.49. The van der Waals surface area contributed by atoms with Gasteiger partial charge in [0.1, 0.15) is 0 Å². The van der Waals surface area contributed by atoms with Crippen molar-refractivity contribution in [2.45, 2.75) is 77.7 Å². The van der Waals surface area contributed by atoms with Crippen molar-refractivity contribution in [1.29, 1.82) is 0 Å². The molecule has 4 aliphatic rings. The van der Waals surface area contributed by atoms with Crippen LogP contribution in [0.4, 0.5) is 0 Å². The predicted octanol–water partition coefficient (Wildman–Crippen LogP) is 5.19. The normalized spacial score (nSPS) is 54.2. The van der Waals surface area contributed by atoms with E-state index in [4.69, 9.17) is 0 Å². The molecule has 0 saturated heterocycles. The number of allylic oxidation sites excluding steroid dienone is 1. The second-order valence-electron chi connectivity index (χ2n) is 9.42. The van der Waals surface area contributed by atoms with Gasteiger partial charge in [0.25, 0.3) is 0 Å². The highest BCUT2D eigenvalue weighted by Gasteiger charge is 2.56. The third-order valence-corrected chi connectivity index (χ3v) is 8.52. The third-order valence-electron chi connectivity index (χ3n) is 8.52. The van der Waals surface area contributed by atoms with Crippen molar-refractivity contribution < 1.29 is 5.11 Å². The molecule has 0 radical (unpaired) electrons. The van der Waals surface area contributed by atoms with Crippen LogP contribution in [0.15, 0.2) is 12.2 Å². The molecule has 0 heterocycles. The van der Waals surface area contributed by atoms with Crippen LogP contribution in [0.25, 0.3) is 0 Å². The molecule has 1 nitrogen and oxygen atoms in total. The molecule has 8 atom stereocenters. The van der Waals surface area contributed by atoms with E-state index in [0.717, 1.165) is 48.3 Å². The molecular formula is C21H34O. The number of hydrogen-bond donors (Lipinski definition) is 1. The summed E-state index contributed by atoms with van der Waals surface area (Å²) in [5, 5.41) is 10.0. The molecule has 0 aromatic rings. The predicted molar refractivity (Wildman–Crippen MR) is 91.4 cm³/mol. The third kappa shape index (κ3) is 2.14. The van der Waals surface area contributed by atoms with E-state index in [-0.39, 0.29) is 6.10 Å². The zero-order valence-corrected chi connectivity index (χ0v) is 14.6. The first-order valence-electron chi connectivity index (χ1n) is 9.84. The lowest BCUT2D eigenvalue weighted by Crippen LogP contribution is -2.49. The first-order chi connectivity index (χ1) is 10.5. The lowest BCUT2D eigenvalue weighted by Gasteiger charge is -2.56. The maximum absolute atomic E-state index is 10.0. The molecule has 0 aromatic carbocycles. The molecule has 4 rings (SSSR count). The van der Waals surface area contributed by atoms with E-state index < -0.39 is 0 Å². The second-order valence-corrected chi connectivity index (χ2v) is 9.42. The standard InChI is InChI=1S/C21H34O/c1-13(2)19-8-9-20-18-6-4-14-12-15(22)5-7-16(14)17(18)10-11-21(19,20)3/h14-20,22H,1,4-12H2,2-3H3/t14?,15-,16?,17?,18?,19+,20?,21?/m0/s1. The average molecular weight is 303 g/mol. The van der Waals surface area contributed by atoms with E-state index in [1.807, 2.05) is 0 Å². The van der Waals surface area contributed by atoms with Crippen molar-refractivity contribution in [3.05, 3.63) is 12.2 Å². The van der Waals surface area contributed by atoms with Gasteiger partial charge in [0, 0.05) is 0 Å². The van der Waals surface area contributed by atoms with Crippen molar-refractivity contribution in [2.75, 3.05) is 0 Å². The monoisotopic (exact) mass is 302 g/mol. The number of aliphatic hydroxyl groups is 1. The molecule has 0 aromatic heterocycles. The lowest BCUT2D eigenvalue weighted by atomic mass is 9.49. The first kappa shape index (κ1) is 15.2. The van der Waals surface area contributed by atoms with Gasteiger partial charge < -0.3 is 5.11 Å². The van der Waals surface area contributed by atoms with Gasteiger partial charge in [0.05, 0.1) is 6.10 Å². The van der Waals surface area contributed by atoms with Crippen LogP contribution >= 0.6 is 0 Å². The molecule has 0 aliphatic heterocycles. The summed E-state index contributed by atoms with van der Waals surface area (Å²) in [6.45, 7) is 9.19. The fraction of sp³-hybridized carbons (Fsp3) is 0.905. The minimum atomic E-state index is 0.00549. The molecule has 0 spiro atoms. The molecule has 4 aliphatic carbocycles. The molecular weight excluding hydrogens is 268 g/mol. The van der Waals surface area contributed by atoms with Crippen LogP contribution in [-0.2, 0) is 0 Å². The highest BCUT2D eigenvalue weighted by atomic mass is 16.3. The van der Waals surface area contributed by atoms with Gasteiger partial charge in [-0.2, -0.15) is 0 Å². The summed E-state index contributed by atoms with van der Waals surface area (Å²) in [6.07, 6.45) is 12.1. The van der Waals surface area contributed by atoms with Crippen LogP contribution in [0.5, 0.6) is 0 Å². The molecule has 1 heteroatoms. The lowest BCUT2D eigenvalue weighted by molar-refractivity contribution is -0.0740. The topological polar surface area (TPSA) is 20.2 Å². The van der Waals surface area contributed by atoms with Crippen molar-refractivity contribution in [3.63, 3.8) is 0 Å². The Hall–Kier alpha value is -0.300. The summed E-state index contributed by atoms with van der Waals surface area (Å²) < 4.78 is 0. The summed E-state index contributed by atoms with van der Waals surface area (Å²) in [4.78, 5) is 0. The Balaban J connectivity index is 1.56. The van der Waals surface area contributed by atoms with Crippen LogP contribution in [0.2, 0.25) is 0 Å². The molecule has 6 unspecified atom stereocenters. The summed E-state index contributed by atoms with van der Waals surface area (Å²) >= 11 is 0. The summed E-state index contributed by atoms with van der Waals surface area (Å²) in [6, 6.07) is 0. The zero-order valence-electron chi connectivity index (χ0n) is 14.6. The molecule has 0 amide bonds. The molecule has 0 bridgehead atoms. The Morgan fingerprint density at radius 3 is 2.50 bits per heavy atom. The average Bonchev–Trinajstić information content (AvgIpc) is 2.84. The smallest absolute Gasteiger partial charge is 0.0543 e. The minimum absolute atomic E-state index is 0.00549. The first-order valence-corrected chi connectivity index (χ1v) is 9.84. The Morgan fingerprint density at radius 1 is 0.955 bits per heavy atom. The van der Waals surface area contributed by atoms with E-state index in [1.165, 1.54) is 50.5 Å². The van der Waals surface area contributed by atoms with Crippen molar-refractivity contribution in [3.8, 4) is 0 Å². The summed E-state index contributed by atoms with van der Waals surface area (Å²) in [7, 11) is 0. The van der Waals surface area contributed by atoms with E-state index >= 15 is 0 Å². The molecule has 1 N–H and O–H groups in total. The highest BCUT2D eigenvalue weighted by Crippen LogP contribution is 2.65. The minimum Gasteiger partial charge on any atom is -0.393 e. The Morgan fingerprint density at radius 2 is 1.73 bits per heavy atom. The maximum Gasteiger partial charge on any atom is 0.0543 e. The highest BCUT2D eigenvalue weighted by molar-refractivity contribution is 5.13. The number of hydrogen-bond acceptors (Lipinski definition) is 1. The molecule has 4 saturated carbocycles. The van der Waals surface area contributed by atoms with E-state index in [2.05, 4.69) is 20.4 Å². The largest absolute Gasteiger partial charge is 0.393 e. The molecule has 124 valence electrons. The molecule has 22 heavy (non-hydrogen) atoms. The van der Waals surface area contributed by atoms with Crippen molar-refractivity contribution in [2.24, 2.45) is 40.9 Å².